The highest BCUT2D eigenvalue weighted by Gasteiger charge is 2.61. The number of amides is 1. The molecule has 4 saturated carbocycles. The fraction of sp³-hybridized carbons (Fsp3) is 0.871. The lowest BCUT2D eigenvalue weighted by atomic mass is 9.44. The molecule has 10 atom stereocenters. The first-order valence-corrected chi connectivity index (χ1v) is 15.3. The predicted molar refractivity (Wildman–Crippen MR) is 147 cm³/mol. The number of ketones is 1. The summed E-state index contributed by atoms with van der Waals surface area (Å²) in [6.45, 7) is 10.4. The molecule has 4 N–H and O–H groups in total. The molecule has 0 aromatic carbocycles. The lowest BCUT2D eigenvalue weighted by Gasteiger charge is -2.61. The Morgan fingerprint density at radius 2 is 1.64 bits per heavy atom. The molecule has 0 bridgehead atoms. The number of carboxylic acids is 1. The van der Waals surface area contributed by atoms with E-state index in [-0.39, 0.29) is 41.6 Å². The van der Waals surface area contributed by atoms with E-state index in [0.29, 0.717) is 29.5 Å². The Labute approximate surface area is 233 Å². The number of hydrogen-bond donors (Lipinski definition) is 3. The van der Waals surface area contributed by atoms with Crippen LogP contribution in [0.25, 0.3) is 0 Å². The van der Waals surface area contributed by atoms with Crippen molar-refractivity contribution in [1.29, 1.82) is 0 Å². The van der Waals surface area contributed by atoms with Gasteiger partial charge in [0.2, 0.25) is 5.91 Å². The van der Waals surface area contributed by atoms with Crippen molar-refractivity contribution < 1.29 is 29.0 Å². The third kappa shape index (κ3) is 5.77. The summed E-state index contributed by atoms with van der Waals surface area (Å²) in [5.74, 6) is 0.980. The number of nitrogens with one attached hydrogen (secondary N) is 1. The molecule has 4 fully saturated rings. The van der Waals surface area contributed by atoms with Gasteiger partial charge in [0.25, 0.3) is 0 Å². The standard InChI is InChI=1S/C31H50N2O6/c1-17(2)27(33-28(37)25(32)10-11-26(35)36)29(38)39-20-12-14-30(4)19(16-20)6-7-21-23-9-8-22(18(3)34)31(23,5)15-13-24(21)30/h17,19-25,27H,6-16,32H2,1-5H3,(H,33,37)(H,35,36)/t19-,20+,21-,22+,23-,24-,25-,27-,30-,31+/m0/s1. The number of ether oxygens (including phenoxy) is 1. The van der Waals surface area contributed by atoms with Crippen LogP contribution in [0.1, 0.15) is 105 Å². The molecule has 4 aliphatic rings. The summed E-state index contributed by atoms with van der Waals surface area (Å²) in [5.41, 5.74) is 6.26. The van der Waals surface area contributed by atoms with Crippen molar-refractivity contribution in [3.05, 3.63) is 0 Å². The molecule has 39 heavy (non-hydrogen) atoms. The summed E-state index contributed by atoms with van der Waals surface area (Å²) in [6, 6.07) is -1.80. The molecule has 8 heteroatoms. The van der Waals surface area contributed by atoms with Crippen LogP contribution in [0.5, 0.6) is 0 Å². The van der Waals surface area contributed by atoms with Crippen molar-refractivity contribution in [1.82, 2.24) is 5.32 Å². The number of carboxylic acid groups (broad SMARTS) is 1. The van der Waals surface area contributed by atoms with Crippen molar-refractivity contribution in [2.45, 2.75) is 123 Å². The topological polar surface area (TPSA) is 136 Å². The van der Waals surface area contributed by atoms with Gasteiger partial charge in [-0.05, 0) is 112 Å². The molecule has 0 aliphatic heterocycles. The fourth-order valence-corrected chi connectivity index (χ4v) is 9.40. The number of carbonyl (C=O) groups excluding carboxylic acids is 3. The Kier molecular flexibility index (Phi) is 8.85. The minimum absolute atomic E-state index is 0.0154. The van der Waals surface area contributed by atoms with Gasteiger partial charge in [0.1, 0.15) is 17.9 Å². The van der Waals surface area contributed by atoms with Crippen LogP contribution in [0.4, 0.5) is 0 Å². The zero-order chi connectivity index (χ0) is 28.7. The van der Waals surface area contributed by atoms with Gasteiger partial charge in [-0.25, -0.2) is 4.79 Å². The van der Waals surface area contributed by atoms with Gasteiger partial charge < -0.3 is 20.9 Å². The molecular formula is C31H50N2O6. The van der Waals surface area contributed by atoms with Crippen LogP contribution in [0.3, 0.4) is 0 Å². The zero-order valence-corrected chi connectivity index (χ0v) is 24.5. The quantitative estimate of drug-likeness (QED) is 0.363. The summed E-state index contributed by atoms with van der Waals surface area (Å²) < 4.78 is 6.02. The van der Waals surface area contributed by atoms with Gasteiger partial charge in [-0.1, -0.05) is 27.7 Å². The normalized spacial score (nSPS) is 39.1. The van der Waals surface area contributed by atoms with Crippen LogP contribution < -0.4 is 11.1 Å². The van der Waals surface area contributed by atoms with Crippen molar-refractivity contribution in [2.24, 2.45) is 52.1 Å². The smallest absolute Gasteiger partial charge is 0.329 e. The lowest BCUT2D eigenvalue weighted by molar-refractivity contribution is -0.166. The first-order valence-electron chi connectivity index (χ1n) is 15.3. The van der Waals surface area contributed by atoms with Crippen LogP contribution in [-0.2, 0) is 23.9 Å². The summed E-state index contributed by atoms with van der Waals surface area (Å²) in [4.78, 5) is 49.0. The third-order valence-electron chi connectivity index (χ3n) is 11.6. The number of rotatable bonds is 9. The Morgan fingerprint density at radius 1 is 0.974 bits per heavy atom. The minimum Gasteiger partial charge on any atom is -0.481 e. The Hall–Kier alpha value is -1.96. The number of Topliss-reactive ketones (excluding diaryl/α,β-unsaturated/α-hetero) is 1. The SMILES string of the molecule is CC(=O)[C@H]1CC[C@H]2[C@@H]3CC[C@H]4C[C@H](OC(=O)[C@@H](NC(=O)[C@@H](N)CCC(=O)O)C(C)C)CC[C@]4(C)[C@H]3CC[C@]12C. The van der Waals surface area contributed by atoms with Crippen molar-refractivity contribution in [3.8, 4) is 0 Å². The fourth-order valence-electron chi connectivity index (χ4n) is 9.40. The first kappa shape index (κ1) is 30.0. The summed E-state index contributed by atoms with van der Waals surface area (Å²) in [5, 5.41) is 11.6. The van der Waals surface area contributed by atoms with Crippen molar-refractivity contribution >= 4 is 23.6 Å². The van der Waals surface area contributed by atoms with Crippen LogP contribution in [0, 0.1) is 46.3 Å². The molecular weight excluding hydrogens is 496 g/mol. The molecule has 4 rings (SSSR count). The Balaban J connectivity index is 1.36. The summed E-state index contributed by atoms with van der Waals surface area (Å²) >= 11 is 0. The van der Waals surface area contributed by atoms with Crippen LogP contribution in [0.2, 0.25) is 0 Å². The summed E-state index contributed by atoms with van der Waals surface area (Å²) in [7, 11) is 0. The molecule has 0 aromatic rings. The highest BCUT2D eigenvalue weighted by Crippen LogP contribution is 2.67. The maximum Gasteiger partial charge on any atom is 0.329 e. The highest BCUT2D eigenvalue weighted by molar-refractivity contribution is 5.88. The molecule has 8 nitrogen and oxygen atoms in total. The molecule has 1 amide bonds. The highest BCUT2D eigenvalue weighted by atomic mass is 16.5. The number of nitrogens with two attached hydrogens (primary N) is 1. The molecule has 0 spiro atoms. The summed E-state index contributed by atoms with van der Waals surface area (Å²) in [6.07, 6.45) is 9.31. The van der Waals surface area contributed by atoms with Gasteiger partial charge in [0.05, 0.1) is 6.04 Å². The third-order valence-corrected chi connectivity index (χ3v) is 11.6. The van der Waals surface area contributed by atoms with E-state index in [4.69, 9.17) is 15.6 Å². The van der Waals surface area contributed by atoms with E-state index >= 15 is 0 Å². The number of carbonyl (C=O) groups is 4. The zero-order valence-electron chi connectivity index (χ0n) is 24.5. The molecule has 220 valence electrons. The second-order valence-electron chi connectivity index (χ2n) is 14.0. The predicted octanol–water partition coefficient (Wildman–Crippen LogP) is 4.48. The van der Waals surface area contributed by atoms with Gasteiger partial charge in [-0.15, -0.1) is 0 Å². The van der Waals surface area contributed by atoms with E-state index < -0.39 is 29.9 Å². The Bertz CT molecular complexity index is 967. The minimum atomic E-state index is -1.01. The molecule has 0 saturated heterocycles. The Morgan fingerprint density at radius 3 is 2.28 bits per heavy atom. The van der Waals surface area contributed by atoms with Crippen molar-refractivity contribution in [2.75, 3.05) is 0 Å². The van der Waals surface area contributed by atoms with E-state index in [1.165, 1.54) is 19.3 Å². The number of aliphatic carboxylic acids is 1. The van der Waals surface area contributed by atoms with Gasteiger partial charge >= 0.3 is 11.9 Å². The monoisotopic (exact) mass is 546 g/mol. The first-order chi connectivity index (χ1) is 18.3. The van der Waals surface area contributed by atoms with Gasteiger partial charge in [-0.2, -0.15) is 0 Å². The lowest BCUT2D eigenvalue weighted by Crippen LogP contribution is -2.55. The second-order valence-corrected chi connectivity index (χ2v) is 14.0. The van der Waals surface area contributed by atoms with E-state index in [0.717, 1.165) is 38.5 Å². The molecule has 0 radical (unpaired) electrons. The van der Waals surface area contributed by atoms with Crippen molar-refractivity contribution in [3.63, 3.8) is 0 Å². The maximum atomic E-state index is 13.2. The molecule has 4 aliphatic carbocycles. The number of hydrogen-bond acceptors (Lipinski definition) is 6. The number of esters is 1. The van der Waals surface area contributed by atoms with E-state index in [1.54, 1.807) is 6.92 Å². The van der Waals surface area contributed by atoms with E-state index in [1.807, 2.05) is 13.8 Å². The largest absolute Gasteiger partial charge is 0.481 e. The second kappa shape index (κ2) is 11.5. The van der Waals surface area contributed by atoms with Crippen LogP contribution >= 0.6 is 0 Å². The van der Waals surface area contributed by atoms with Gasteiger partial charge in [0.15, 0.2) is 0 Å². The van der Waals surface area contributed by atoms with E-state index in [9.17, 15) is 19.2 Å². The average Bonchev–Trinajstić information content (AvgIpc) is 3.23. The van der Waals surface area contributed by atoms with Crippen LogP contribution in [-0.4, -0.2) is 46.9 Å². The van der Waals surface area contributed by atoms with Crippen LogP contribution in [0.15, 0.2) is 0 Å². The molecule has 0 unspecified atom stereocenters. The van der Waals surface area contributed by atoms with E-state index in [2.05, 4.69) is 19.2 Å². The van der Waals surface area contributed by atoms with Gasteiger partial charge in [-0.3, -0.25) is 14.4 Å². The van der Waals surface area contributed by atoms with Gasteiger partial charge in [0, 0.05) is 12.3 Å². The average molecular weight is 547 g/mol. The maximum absolute atomic E-state index is 13.2. The molecule has 0 aromatic heterocycles. The molecule has 0 heterocycles. The number of fused-ring (bicyclic) bond motifs is 5.